The van der Waals surface area contributed by atoms with Crippen LogP contribution < -0.4 is 5.32 Å². The highest BCUT2D eigenvalue weighted by atomic mass is 16.3. The molecule has 4 rings (SSSR count). The fourth-order valence-corrected chi connectivity index (χ4v) is 8.00. The number of nitrogens with one attached hydrogen (secondary N) is 1. The molecule has 0 radical (unpaired) electrons. The first-order valence-corrected chi connectivity index (χ1v) is 12.9. The monoisotopic (exact) mass is 455 g/mol. The van der Waals surface area contributed by atoms with E-state index in [4.69, 9.17) is 0 Å². The fourth-order valence-electron chi connectivity index (χ4n) is 8.00. The molecule has 2 N–H and O–H groups in total. The molecular weight excluding hydrogens is 414 g/mol. The molecule has 0 spiro atoms. The van der Waals surface area contributed by atoms with E-state index < -0.39 is 0 Å². The largest absolute Gasteiger partial charge is 0.393 e. The van der Waals surface area contributed by atoms with E-state index >= 15 is 0 Å². The van der Waals surface area contributed by atoms with Crippen molar-refractivity contribution in [1.82, 2.24) is 5.32 Å². The Hall–Kier alpha value is -1.75. The van der Waals surface area contributed by atoms with E-state index in [0.717, 1.165) is 44.1 Å². The van der Waals surface area contributed by atoms with Crippen molar-refractivity contribution in [3.63, 3.8) is 0 Å². The third kappa shape index (κ3) is 4.15. The van der Waals surface area contributed by atoms with Gasteiger partial charge in [-0.05, 0) is 93.0 Å². The third-order valence-corrected chi connectivity index (χ3v) is 9.77. The third-order valence-electron chi connectivity index (χ3n) is 9.77. The summed E-state index contributed by atoms with van der Waals surface area (Å²) in [6.45, 7) is 9.87. The van der Waals surface area contributed by atoms with Gasteiger partial charge in [-0.15, -0.1) is 0 Å². The summed E-state index contributed by atoms with van der Waals surface area (Å²) in [5.74, 6) is 1.44. The van der Waals surface area contributed by atoms with E-state index in [1.54, 1.807) is 0 Å². The van der Waals surface area contributed by atoms with Gasteiger partial charge in [0.05, 0.1) is 6.10 Å². The van der Waals surface area contributed by atoms with Crippen molar-refractivity contribution >= 4 is 17.5 Å². The number of rotatable bonds is 5. The number of Topliss-reactive ketones (excluding diaryl/α,β-unsaturated/α-hetero) is 2. The van der Waals surface area contributed by atoms with E-state index in [9.17, 15) is 19.5 Å². The lowest BCUT2D eigenvalue weighted by atomic mass is 9.47. The molecule has 7 atom stereocenters. The average molecular weight is 456 g/mol. The van der Waals surface area contributed by atoms with Gasteiger partial charge in [-0.3, -0.25) is 14.4 Å². The number of allylic oxidation sites excluding steroid dienone is 3. The van der Waals surface area contributed by atoms with Crippen LogP contribution >= 0.6 is 0 Å². The van der Waals surface area contributed by atoms with Gasteiger partial charge in [0.15, 0.2) is 11.6 Å². The van der Waals surface area contributed by atoms with Crippen LogP contribution in [0.15, 0.2) is 22.8 Å². The van der Waals surface area contributed by atoms with Crippen LogP contribution in [0.1, 0.15) is 92.4 Å². The second-order valence-corrected chi connectivity index (χ2v) is 11.8. The van der Waals surface area contributed by atoms with Crippen LogP contribution in [0.4, 0.5) is 0 Å². The molecule has 5 nitrogen and oxygen atoms in total. The van der Waals surface area contributed by atoms with E-state index in [1.165, 1.54) is 12.5 Å². The molecular formula is C28H41NO4. The van der Waals surface area contributed by atoms with E-state index in [2.05, 4.69) is 25.2 Å². The summed E-state index contributed by atoms with van der Waals surface area (Å²) in [5.41, 5.74) is 2.80. The van der Waals surface area contributed by atoms with Crippen molar-refractivity contribution < 1.29 is 19.5 Å². The van der Waals surface area contributed by atoms with E-state index in [-0.39, 0.29) is 40.4 Å². The molecule has 182 valence electrons. The Balaban J connectivity index is 1.56. The quantitative estimate of drug-likeness (QED) is 0.466. The van der Waals surface area contributed by atoms with Crippen LogP contribution in [-0.2, 0) is 14.4 Å². The van der Waals surface area contributed by atoms with Gasteiger partial charge in [0.1, 0.15) is 0 Å². The lowest BCUT2D eigenvalue weighted by molar-refractivity contribution is -0.120. The standard InChI is InChI=1S/C28H41NO4/c1-16(29-18(3)30)6-9-24(32)17(2)26-25(33)15-23-21-8-7-19-14-20(31)10-12-27(19,4)22(21)11-13-28(23,26)5/h7,16,20-23,31H,6,8-15H2,1-5H3,(H,29,30). The van der Waals surface area contributed by atoms with Gasteiger partial charge in [0, 0.05) is 31.4 Å². The normalized spacial score (nSPS) is 40.2. The zero-order valence-electron chi connectivity index (χ0n) is 21.0. The maximum atomic E-state index is 13.3. The Labute approximate surface area is 198 Å². The van der Waals surface area contributed by atoms with Crippen LogP contribution in [0.25, 0.3) is 0 Å². The SMILES string of the molecule is CC(=O)NC(C)CCC(=O)C(C)=C1C(=O)CC2C3CC=C4CC(O)CCC4(C)C3CCC12C. The number of hydrogen-bond acceptors (Lipinski definition) is 4. The molecule has 0 bridgehead atoms. The lowest BCUT2D eigenvalue weighted by Gasteiger charge is -2.57. The molecule has 1 amide bonds. The Kier molecular flexibility index (Phi) is 6.50. The zero-order chi connectivity index (χ0) is 24.1. The maximum absolute atomic E-state index is 13.3. The van der Waals surface area contributed by atoms with Gasteiger partial charge in [-0.2, -0.15) is 0 Å². The summed E-state index contributed by atoms with van der Waals surface area (Å²) >= 11 is 0. The van der Waals surface area contributed by atoms with Gasteiger partial charge in [0.25, 0.3) is 0 Å². The molecule has 3 saturated carbocycles. The Morgan fingerprint density at radius 1 is 1.12 bits per heavy atom. The van der Waals surface area contributed by atoms with Crippen molar-refractivity contribution in [3.8, 4) is 0 Å². The first kappa shape index (κ1) is 24.4. The van der Waals surface area contributed by atoms with Crippen LogP contribution in [0, 0.1) is 28.6 Å². The topological polar surface area (TPSA) is 83.5 Å². The summed E-state index contributed by atoms with van der Waals surface area (Å²) in [6.07, 6.45) is 9.39. The lowest BCUT2D eigenvalue weighted by Crippen LogP contribution is -2.49. The number of amides is 1. The summed E-state index contributed by atoms with van der Waals surface area (Å²) in [4.78, 5) is 37.7. The minimum Gasteiger partial charge on any atom is -0.393 e. The minimum atomic E-state index is -0.225. The molecule has 0 saturated heterocycles. The van der Waals surface area contributed by atoms with Gasteiger partial charge in [0.2, 0.25) is 5.91 Å². The highest BCUT2D eigenvalue weighted by Gasteiger charge is 2.59. The van der Waals surface area contributed by atoms with Crippen LogP contribution in [0.3, 0.4) is 0 Å². The number of ketones is 2. The molecule has 0 aromatic heterocycles. The molecule has 33 heavy (non-hydrogen) atoms. The number of aliphatic hydroxyl groups is 1. The molecule has 7 unspecified atom stereocenters. The predicted molar refractivity (Wildman–Crippen MR) is 128 cm³/mol. The van der Waals surface area contributed by atoms with Crippen LogP contribution in [0.2, 0.25) is 0 Å². The van der Waals surface area contributed by atoms with Gasteiger partial charge in [-0.25, -0.2) is 0 Å². The van der Waals surface area contributed by atoms with E-state index in [1.807, 2.05) is 13.8 Å². The van der Waals surface area contributed by atoms with Crippen LogP contribution in [0.5, 0.6) is 0 Å². The highest BCUT2D eigenvalue weighted by molar-refractivity contribution is 6.08. The highest BCUT2D eigenvalue weighted by Crippen LogP contribution is 2.65. The van der Waals surface area contributed by atoms with Crippen molar-refractivity contribution in [3.05, 3.63) is 22.8 Å². The maximum Gasteiger partial charge on any atom is 0.217 e. The smallest absolute Gasteiger partial charge is 0.217 e. The number of carbonyl (C=O) groups excluding carboxylic acids is 3. The Morgan fingerprint density at radius 3 is 2.52 bits per heavy atom. The number of hydrogen-bond donors (Lipinski definition) is 2. The Bertz CT molecular complexity index is 917. The van der Waals surface area contributed by atoms with Gasteiger partial charge >= 0.3 is 0 Å². The second-order valence-electron chi connectivity index (χ2n) is 11.8. The van der Waals surface area contributed by atoms with Crippen molar-refractivity contribution in [2.45, 2.75) is 105 Å². The number of carbonyl (C=O) groups is 3. The second kappa shape index (κ2) is 8.79. The molecule has 0 aliphatic heterocycles. The fraction of sp³-hybridized carbons (Fsp3) is 0.750. The number of aliphatic hydroxyl groups excluding tert-OH is 1. The van der Waals surface area contributed by atoms with Crippen molar-refractivity contribution in [2.24, 2.45) is 28.6 Å². The summed E-state index contributed by atoms with van der Waals surface area (Å²) in [6, 6.07) is -0.0553. The molecule has 0 aromatic carbocycles. The summed E-state index contributed by atoms with van der Waals surface area (Å²) in [5, 5.41) is 13.0. The molecule has 0 aromatic rings. The van der Waals surface area contributed by atoms with Gasteiger partial charge in [-0.1, -0.05) is 25.5 Å². The van der Waals surface area contributed by atoms with Crippen molar-refractivity contribution in [2.75, 3.05) is 0 Å². The summed E-state index contributed by atoms with van der Waals surface area (Å²) in [7, 11) is 0. The molecule has 4 aliphatic rings. The number of fused-ring (bicyclic) bond motifs is 5. The predicted octanol–water partition coefficient (Wildman–Crippen LogP) is 4.68. The molecule has 4 aliphatic carbocycles. The van der Waals surface area contributed by atoms with Gasteiger partial charge < -0.3 is 10.4 Å². The summed E-state index contributed by atoms with van der Waals surface area (Å²) < 4.78 is 0. The van der Waals surface area contributed by atoms with E-state index in [0.29, 0.717) is 42.6 Å². The first-order valence-electron chi connectivity index (χ1n) is 12.9. The molecule has 3 fully saturated rings. The van der Waals surface area contributed by atoms with Crippen LogP contribution in [-0.4, -0.2) is 34.7 Å². The van der Waals surface area contributed by atoms with Crippen molar-refractivity contribution in [1.29, 1.82) is 0 Å². The zero-order valence-corrected chi connectivity index (χ0v) is 21.0. The molecule has 5 heteroatoms. The molecule has 0 heterocycles. The first-order chi connectivity index (χ1) is 15.5. The Morgan fingerprint density at radius 2 is 1.82 bits per heavy atom. The average Bonchev–Trinajstić information content (AvgIpc) is 3.01. The minimum absolute atomic E-state index is 0.0404.